The Morgan fingerprint density at radius 2 is 2.24 bits per heavy atom. The molecule has 0 bridgehead atoms. The third kappa shape index (κ3) is 4.62. The lowest BCUT2D eigenvalue weighted by molar-refractivity contribution is -0.117. The van der Waals surface area contributed by atoms with Gasteiger partial charge in [-0.2, -0.15) is 0 Å². The van der Waals surface area contributed by atoms with Crippen LogP contribution in [0.25, 0.3) is 0 Å². The average molecular weight is 255 g/mol. The molecule has 0 radical (unpaired) electrons. The minimum atomic E-state index is -0.215. The SMILES string of the molecule is C=CC(=O)NC(C)c1nnc(COC(C)C)s1. The maximum atomic E-state index is 11.1. The van der Waals surface area contributed by atoms with Crippen molar-refractivity contribution in [3.05, 3.63) is 22.7 Å². The van der Waals surface area contributed by atoms with Gasteiger partial charge in [-0.15, -0.1) is 10.2 Å². The highest BCUT2D eigenvalue weighted by molar-refractivity contribution is 7.11. The third-order valence-corrected chi connectivity index (χ3v) is 3.02. The van der Waals surface area contributed by atoms with Gasteiger partial charge in [0.15, 0.2) is 0 Å². The first kappa shape index (κ1) is 13.8. The van der Waals surface area contributed by atoms with E-state index in [1.807, 2.05) is 20.8 Å². The third-order valence-electron chi connectivity index (χ3n) is 1.94. The van der Waals surface area contributed by atoms with Gasteiger partial charge in [0.05, 0.1) is 12.1 Å². The molecule has 17 heavy (non-hydrogen) atoms. The van der Waals surface area contributed by atoms with Crippen LogP contribution >= 0.6 is 11.3 Å². The number of rotatable bonds is 6. The van der Waals surface area contributed by atoms with Crippen LogP contribution in [0.15, 0.2) is 12.7 Å². The number of ether oxygens (including phenoxy) is 1. The van der Waals surface area contributed by atoms with Crippen LogP contribution in [0, 0.1) is 0 Å². The Labute approximate surface area is 105 Å². The predicted molar refractivity (Wildman–Crippen MR) is 66.6 cm³/mol. The predicted octanol–water partition coefficient (Wildman–Crippen LogP) is 1.83. The first-order valence-electron chi connectivity index (χ1n) is 5.39. The molecule has 0 fully saturated rings. The Bertz CT molecular complexity index is 390. The van der Waals surface area contributed by atoms with Gasteiger partial charge in [-0.05, 0) is 26.8 Å². The largest absolute Gasteiger partial charge is 0.372 e. The zero-order valence-corrected chi connectivity index (χ0v) is 11.1. The second-order valence-electron chi connectivity index (χ2n) is 3.83. The summed E-state index contributed by atoms with van der Waals surface area (Å²) in [4.78, 5) is 11.1. The summed E-state index contributed by atoms with van der Waals surface area (Å²) in [5.74, 6) is -0.215. The van der Waals surface area contributed by atoms with Gasteiger partial charge >= 0.3 is 0 Å². The van der Waals surface area contributed by atoms with Crippen LogP contribution in [0.2, 0.25) is 0 Å². The zero-order chi connectivity index (χ0) is 12.8. The van der Waals surface area contributed by atoms with Crippen molar-refractivity contribution in [2.24, 2.45) is 0 Å². The summed E-state index contributed by atoms with van der Waals surface area (Å²) in [6.07, 6.45) is 1.40. The minimum Gasteiger partial charge on any atom is -0.372 e. The molecule has 1 aromatic heterocycles. The molecule has 1 rings (SSSR count). The van der Waals surface area contributed by atoms with E-state index in [0.717, 1.165) is 10.0 Å². The smallest absolute Gasteiger partial charge is 0.243 e. The molecule has 1 atom stereocenters. The Morgan fingerprint density at radius 1 is 1.53 bits per heavy atom. The summed E-state index contributed by atoms with van der Waals surface area (Å²) in [6, 6.07) is -0.161. The maximum Gasteiger partial charge on any atom is 0.243 e. The highest BCUT2D eigenvalue weighted by Gasteiger charge is 2.13. The van der Waals surface area contributed by atoms with E-state index >= 15 is 0 Å². The molecule has 0 saturated carbocycles. The van der Waals surface area contributed by atoms with Gasteiger partial charge in [0.25, 0.3) is 0 Å². The molecule has 94 valence electrons. The molecule has 0 saturated heterocycles. The van der Waals surface area contributed by atoms with E-state index in [-0.39, 0.29) is 18.1 Å². The Kier molecular flexibility index (Phi) is 5.24. The van der Waals surface area contributed by atoms with Gasteiger partial charge in [-0.3, -0.25) is 4.79 Å². The molecule has 1 heterocycles. The Balaban J connectivity index is 2.54. The number of aromatic nitrogens is 2. The van der Waals surface area contributed by atoms with Gasteiger partial charge in [0.2, 0.25) is 5.91 Å². The van der Waals surface area contributed by atoms with Gasteiger partial charge in [-0.25, -0.2) is 0 Å². The van der Waals surface area contributed by atoms with Crippen LogP contribution in [0.1, 0.15) is 36.8 Å². The molecule has 0 aliphatic carbocycles. The molecule has 0 aliphatic rings. The highest BCUT2D eigenvalue weighted by Crippen LogP contribution is 2.18. The Morgan fingerprint density at radius 3 is 2.82 bits per heavy atom. The minimum absolute atomic E-state index is 0.161. The lowest BCUT2D eigenvalue weighted by Crippen LogP contribution is -2.24. The summed E-state index contributed by atoms with van der Waals surface area (Å²) in [7, 11) is 0. The quantitative estimate of drug-likeness (QED) is 0.788. The maximum absolute atomic E-state index is 11.1. The van der Waals surface area contributed by atoms with E-state index in [0.29, 0.717) is 6.61 Å². The van der Waals surface area contributed by atoms with Crippen LogP contribution in [0.4, 0.5) is 0 Å². The summed E-state index contributed by atoms with van der Waals surface area (Å²) >= 11 is 1.44. The molecule has 5 nitrogen and oxygen atoms in total. The summed E-state index contributed by atoms with van der Waals surface area (Å²) in [6.45, 7) is 9.64. The molecular formula is C11H17N3O2S. The van der Waals surface area contributed by atoms with Crippen molar-refractivity contribution in [3.8, 4) is 0 Å². The first-order chi connectivity index (χ1) is 8.02. The van der Waals surface area contributed by atoms with Gasteiger partial charge < -0.3 is 10.1 Å². The molecule has 1 N–H and O–H groups in total. The number of carbonyl (C=O) groups is 1. The lowest BCUT2D eigenvalue weighted by atomic mass is 10.3. The molecule has 1 unspecified atom stereocenters. The fourth-order valence-electron chi connectivity index (χ4n) is 1.07. The van der Waals surface area contributed by atoms with E-state index in [1.165, 1.54) is 17.4 Å². The van der Waals surface area contributed by atoms with Crippen LogP contribution in [0.3, 0.4) is 0 Å². The second-order valence-corrected chi connectivity index (χ2v) is 4.92. The topological polar surface area (TPSA) is 64.1 Å². The number of hydrogen-bond donors (Lipinski definition) is 1. The average Bonchev–Trinajstić information content (AvgIpc) is 2.74. The highest BCUT2D eigenvalue weighted by atomic mass is 32.1. The molecular weight excluding hydrogens is 238 g/mol. The summed E-state index contributed by atoms with van der Waals surface area (Å²) in [5, 5.41) is 12.3. The fraction of sp³-hybridized carbons (Fsp3) is 0.545. The number of amides is 1. The van der Waals surface area contributed by atoms with E-state index < -0.39 is 0 Å². The van der Waals surface area contributed by atoms with Crippen molar-refractivity contribution in [2.75, 3.05) is 0 Å². The van der Waals surface area contributed by atoms with Crippen LogP contribution in [0.5, 0.6) is 0 Å². The van der Waals surface area contributed by atoms with Crippen molar-refractivity contribution >= 4 is 17.2 Å². The monoisotopic (exact) mass is 255 g/mol. The molecule has 0 spiro atoms. The number of hydrogen-bond acceptors (Lipinski definition) is 5. The zero-order valence-electron chi connectivity index (χ0n) is 10.3. The number of carbonyl (C=O) groups excluding carboxylic acids is 1. The van der Waals surface area contributed by atoms with Crippen LogP contribution in [-0.4, -0.2) is 22.2 Å². The van der Waals surface area contributed by atoms with Crippen molar-refractivity contribution in [1.29, 1.82) is 0 Å². The number of nitrogens with one attached hydrogen (secondary N) is 1. The number of nitrogens with zero attached hydrogens (tertiary/aromatic N) is 2. The van der Waals surface area contributed by atoms with E-state index in [1.54, 1.807) is 0 Å². The molecule has 0 aromatic carbocycles. The Hall–Kier alpha value is -1.27. The van der Waals surface area contributed by atoms with Gasteiger partial charge in [-0.1, -0.05) is 17.9 Å². The van der Waals surface area contributed by atoms with E-state index in [2.05, 4.69) is 22.1 Å². The van der Waals surface area contributed by atoms with Gasteiger partial charge in [0, 0.05) is 0 Å². The van der Waals surface area contributed by atoms with E-state index in [9.17, 15) is 4.79 Å². The standard InChI is InChI=1S/C11H17N3O2S/c1-5-9(15)12-8(4)11-14-13-10(17-11)6-16-7(2)3/h5,7-8H,1,6H2,2-4H3,(H,12,15). The fourth-order valence-corrected chi connectivity index (χ4v) is 1.84. The molecule has 1 amide bonds. The van der Waals surface area contributed by atoms with Crippen molar-refractivity contribution in [2.45, 2.75) is 39.5 Å². The van der Waals surface area contributed by atoms with Crippen molar-refractivity contribution in [3.63, 3.8) is 0 Å². The van der Waals surface area contributed by atoms with Crippen LogP contribution in [-0.2, 0) is 16.1 Å². The molecule has 6 heteroatoms. The summed E-state index contributed by atoms with van der Waals surface area (Å²) in [5.41, 5.74) is 0. The lowest BCUT2D eigenvalue weighted by Gasteiger charge is -2.07. The molecule has 0 aliphatic heterocycles. The van der Waals surface area contributed by atoms with E-state index in [4.69, 9.17) is 4.74 Å². The normalized spacial score (nSPS) is 12.5. The summed E-state index contributed by atoms with van der Waals surface area (Å²) < 4.78 is 5.43. The van der Waals surface area contributed by atoms with Crippen LogP contribution < -0.4 is 5.32 Å². The van der Waals surface area contributed by atoms with Crippen molar-refractivity contribution in [1.82, 2.24) is 15.5 Å². The molecule has 1 aromatic rings. The second kappa shape index (κ2) is 6.46. The first-order valence-corrected chi connectivity index (χ1v) is 6.21. The van der Waals surface area contributed by atoms with Gasteiger partial charge in [0.1, 0.15) is 16.6 Å². The van der Waals surface area contributed by atoms with Crippen molar-refractivity contribution < 1.29 is 9.53 Å².